The molecule has 3 amide bonds. The first-order valence-corrected chi connectivity index (χ1v) is 16.6. The zero-order valence-electron chi connectivity index (χ0n) is 26.8. The maximum atomic E-state index is 13.7. The Balaban J connectivity index is 1.31. The first kappa shape index (κ1) is 33.8. The van der Waals surface area contributed by atoms with E-state index in [1.807, 2.05) is 117 Å². The molecule has 1 atom stereocenters. The summed E-state index contributed by atoms with van der Waals surface area (Å²) in [6.07, 6.45) is 2.26. The van der Waals surface area contributed by atoms with Crippen molar-refractivity contribution in [3.63, 3.8) is 0 Å². The zero-order chi connectivity index (χ0) is 33.7. The lowest BCUT2D eigenvalue weighted by molar-refractivity contribution is -0.116. The SMILES string of the molecule is CCOc1ccc(NC(=O)C(CC)Sc2cccc(NC(=O)/C(=C\c3ccc(-c4ccccc4)cc3)NC(=O)c3ccccc3)c2)cc1. The van der Waals surface area contributed by atoms with Crippen molar-refractivity contribution in [3.8, 4) is 16.9 Å². The van der Waals surface area contributed by atoms with E-state index in [2.05, 4.69) is 16.0 Å². The van der Waals surface area contributed by atoms with E-state index in [0.29, 0.717) is 30.0 Å². The summed E-state index contributed by atoms with van der Waals surface area (Å²) in [4.78, 5) is 40.7. The largest absolute Gasteiger partial charge is 0.494 e. The predicted octanol–water partition coefficient (Wildman–Crippen LogP) is 8.67. The Bertz CT molecular complexity index is 1860. The van der Waals surface area contributed by atoms with Gasteiger partial charge in [0.2, 0.25) is 5.91 Å². The fourth-order valence-electron chi connectivity index (χ4n) is 4.87. The Morgan fingerprint density at radius 3 is 2.04 bits per heavy atom. The number of carbonyl (C=O) groups excluding carboxylic acids is 3. The highest BCUT2D eigenvalue weighted by Gasteiger charge is 2.19. The van der Waals surface area contributed by atoms with Crippen molar-refractivity contribution in [1.82, 2.24) is 5.32 Å². The van der Waals surface area contributed by atoms with Crippen molar-refractivity contribution in [1.29, 1.82) is 0 Å². The van der Waals surface area contributed by atoms with Gasteiger partial charge in [0.05, 0.1) is 11.9 Å². The standard InChI is InChI=1S/C40H37N3O4S/c1-3-37(40(46)41-32-22-24-34(25-23-32)47-4-2)48-35-17-11-16-33(27-35)42-39(45)36(43-38(44)31-14-9-6-10-15-31)26-28-18-20-30(21-19-28)29-12-7-5-8-13-29/h5-27,37H,3-4H2,1-2H3,(H,41,46)(H,42,45)(H,43,44)/b36-26+. The number of anilines is 2. The summed E-state index contributed by atoms with van der Waals surface area (Å²) in [6, 6.07) is 41.1. The summed E-state index contributed by atoms with van der Waals surface area (Å²) in [5.41, 5.74) is 4.63. The molecule has 5 rings (SSSR count). The Hall–Kier alpha value is -5.60. The number of rotatable bonds is 13. The Labute approximate surface area is 285 Å². The van der Waals surface area contributed by atoms with Crippen LogP contribution in [0, 0.1) is 0 Å². The number of thioether (sulfide) groups is 1. The fourth-order valence-corrected chi connectivity index (χ4v) is 5.88. The van der Waals surface area contributed by atoms with E-state index in [4.69, 9.17) is 4.74 Å². The number of ether oxygens (including phenoxy) is 1. The summed E-state index contributed by atoms with van der Waals surface area (Å²) in [5.74, 6) is -0.247. The van der Waals surface area contributed by atoms with Crippen molar-refractivity contribution in [2.24, 2.45) is 0 Å². The normalized spacial score (nSPS) is 11.7. The van der Waals surface area contributed by atoms with Gasteiger partial charge in [-0.25, -0.2) is 0 Å². The lowest BCUT2D eigenvalue weighted by Crippen LogP contribution is -2.30. The predicted molar refractivity (Wildman–Crippen MR) is 195 cm³/mol. The lowest BCUT2D eigenvalue weighted by Gasteiger charge is -2.16. The summed E-state index contributed by atoms with van der Waals surface area (Å²) in [6.45, 7) is 4.45. The number of nitrogens with one attached hydrogen (secondary N) is 3. The maximum Gasteiger partial charge on any atom is 0.272 e. The van der Waals surface area contributed by atoms with Crippen LogP contribution < -0.4 is 20.7 Å². The third-order valence-corrected chi connectivity index (χ3v) is 8.68. The molecule has 5 aromatic rings. The van der Waals surface area contributed by atoms with Crippen LogP contribution in [0.5, 0.6) is 5.75 Å². The van der Waals surface area contributed by atoms with Crippen molar-refractivity contribution in [3.05, 3.63) is 150 Å². The highest BCUT2D eigenvalue weighted by atomic mass is 32.2. The molecule has 1 unspecified atom stereocenters. The minimum Gasteiger partial charge on any atom is -0.494 e. The molecule has 0 aromatic heterocycles. The van der Waals surface area contributed by atoms with Gasteiger partial charge in [-0.3, -0.25) is 14.4 Å². The molecule has 48 heavy (non-hydrogen) atoms. The topological polar surface area (TPSA) is 96.5 Å². The van der Waals surface area contributed by atoms with Crippen LogP contribution in [-0.4, -0.2) is 29.6 Å². The molecule has 5 aromatic carbocycles. The van der Waals surface area contributed by atoms with E-state index < -0.39 is 11.8 Å². The van der Waals surface area contributed by atoms with Gasteiger partial charge < -0.3 is 20.7 Å². The molecule has 0 aliphatic heterocycles. The second-order valence-corrected chi connectivity index (χ2v) is 12.1. The number of benzene rings is 5. The van der Waals surface area contributed by atoms with Gasteiger partial charge in [-0.1, -0.05) is 85.8 Å². The second-order valence-electron chi connectivity index (χ2n) is 10.8. The van der Waals surface area contributed by atoms with Crippen LogP contribution >= 0.6 is 11.8 Å². The molecule has 3 N–H and O–H groups in total. The highest BCUT2D eigenvalue weighted by Crippen LogP contribution is 2.29. The average Bonchev–Trinajstić information content (AvgIpc) is 3.12. The molecule has 0 spiro atoms. The molecule has 0 saturated carbocycles. The molecule has 242 valence electrons. The van der Waals surface area contributed by atoms with E-state index in [1.165, 1.54) is 11.8 Å². The van der Waals surface area contributed by atoms with Gasteiger partial charge in [0, 0.05) is 21.8 Å². The quantitative estimate of drug-likeness (QED) is 0.0872. The molecule has 8 heteroatoms. The van der Waals surface area contributed by atoms with Crippen LogP contribution in [0.3, 0.4) is 0 Å². The summed E-state index contributed by atoms with van der Waals surface area (Å²) in [7, 11) is 0. The molecule has 0 aliphatic rings. The molecule has 7 nitrogen and oxygen atoms in total. The second kappa shape index (κ2) is 16.8. The van der Waals surface area contributed by atoms with E-state index in [0.717, 1.165) is 27.3 Å². The van der Waals surface area contributed by atoms with Crippen LogP contribution in [0.4, 0.5) is 11.4 Å². The van der Waals surface area contributed by atoms with Gasteiger partial charge in [-0.05, 0) is 90.7 Å². The summed E-state index contributed by atoms with van der Waals surface area (Å²) in [5, 5.41) is 8.34. The number of hydrogen-bond acceptors (Lipinski definition) is 5. The van der Waals surface area contributed by atoms with Gasteiger partial charge in [0.1, 0.15) is 11.4 Å². The number of amides is 3. The third kappa shape index (κ3) is 9.47. The van der Waals surface area contributed by atoms with E-state index in [9.17, 15) is 14.4 Å². The Morgan fingerprint density at radius 2 is 1.38 bits per heavy atom. The average molecular weight is 656 g/mol. The molecule has 0 aliphatic carbocycles. The molecule has 0 radical (unpaired) electrons. The molecular formula is C40H37N3O4S. The summed E-state index contributed by atoms with van der Waals surface area (Å²) >= 11 is 1.41. The monoisotopic (exact) mass is 655 g/mol. The Morgan fingerprint density at radius 1 is 0.708 bits per heavy atom. The summed E-state index contributed by atoms with van der Waals surface area (Å²) < 4.78 is 5.48. The van der Waals surface area contributed by atoms with Gasteiger partial charge in [0.25, 0.3) is 11.8 Å². The first-order valence-electron chi connectivity index (χ1n) is 15.8. The molecule has 0 heterocycles. The van der Waals surface area contributed by atoms with Gasteiger partial charge in [0.15, 0.2) is 0 Å². The number of carbonyl (C=O) groups is 3. The smallest absolute Gasteiger partial charge is 0.272 e. The first-order chi connectivity index (χ1) is 23.4. The van der Waals surface area contributed by atoms with E-state index in [-0.39, 0.29) is 16.9 Å². The van der Waals surface area contributed by atoms with Crippen LogP contribution in [0.1, 0.15) is 36.2 Å². The lowest BCUT2D eigenvalue weighted by atomic mass is 10.0. The zero-order valence-corrected chi connectivity index (χ0v) is 27.6. The van der Waals surface area contributed by atoms with Crippen LogP contribution in [-0.2, 0) is 9.59 Å². The van der Waals surface area contributed by atoms with E-state index >= 15 is 0 Å². The Kier molecular flexibility index (Phi) is 11.8. The molecule has 0 saturated heterocycles. The molecular weight excluding hydrogens is 619 g/mol. The van der Waals surface area contributed by atoms with Gasteiger partial charge in [-0.2, -0.15) is 0 Å². The highest BCUT2D eigenvalue weighted by molar-refractivity contribution is 8.00. The fraction of sp³-hybridized carbons (Fsp3) is 0.125. The van der Waals surface area contributed by atoms with Crippen LogP contribution in [0.25, 0.3) is 17.2 Å². The number of hydrogen-bond donors (Lipinski definition) is 3. The minimum absolute atomic E-state index is 0.0931. The molecule has 0 fully saturated rings. The van der Waals surface area contributed by atoms with Crippen molar-refractivity contribution in [2.45, 2.75) is 30.4 Å². The van der Waals surface area contributed by atoms with Crippen molar-refractivity contribution in [2.75, 3.05) is 17.2 Å². The van der Waals surface area contributed by atoms with Crippen LogP contribution in [0.15, 0.2) is 144 Å². The van der Waals surface area contributed by atoms with Gasteiger partial charge >= 0.3 is 0 Å². The van der Waals surface area contributed by atoms with Crippen molar-refractivity contribution < 1.29 is 19.1 Å². The van der Waals surface area contributed by atoms with Crippen LogP contribution in [0.2, 0.25) is 0 Å². The van der Waals surface area contributed by atoms with Gasteiger partial charge in [-0.15, -0.1) is 11.8 Å². The van der Waals surface area contributed by atoms with Crippen molar-refractivity contribution >= 4 is 46.9 Å². The maximum absolute atomic E-state index is 13.7. The van der Waals surface area contributed by atoms with E-state index in [1.54, 1.807) is 36.4 Å². The third-order valence-electron chi connectivity index (χ3n) is 7.32. The molecule has 0 bridgehead atoms. The minimum atomic E-state index is -0.478.